The number of cyclic esters (lactones) is 1. The standard InChI is InChI=1S/C26H29ClN2O5S/c1-3-15(2)18(14-30)29-22-24(32)28(17-9-5-4-8-16(17)27)12-7-11-26(22)21(23(29)31)20-19(35-26)10-6-13-34-25(20)33/h4-11,15,18-22,30H,3,12-14H2,1-2H3/t15-,18-,19-,20+,21-,22?,26-/m0/s1. The van der Waals surface area contributed by atoms with Crippen molar-refractivity contribution < 1.29 is 24.2 Å². The van der Waals surface area contributed by atoms with Crippen molar-refractivity contribution in [3.05, 3.63) is 53.6 Å². The number of hydrogen-bond donors (Lipinski definition) is 1. The topological polar surface area (TPSA) is 87.2 Å². The molecule has 1 unspecified atom stereocenters. The summed E-state index contributed by atoms with van der Waals surface area (Å²) in [4.78, 5) is 44.8. The van der Waals surface area contributed by atoms with Crippen molar-refractivity contribution in [3.63, 3.8) is 0 Å². The highest BCUT2D eigenvalue weighted by atomic mass is 35.5. The van der Waals surface area contributed by atoms with Gasteiger partial charge in [0, 0.05) is 11.8 Å². The van der Waals surface area contributed by atoms with Crippen molar-refractivity contribution >= 4 is 46.8 Å². The number of esters is 1. The molecule has 7 atom stereocenters. The van der Waals surface area contributed by atoms with Gasteiger partial charge in [-0.25, -0.2) is 0 Å². The third-order valence-corrected chi connectivity index (χ3v) is 9.90. The van der Waals surface area contributed by atoms with Crippen LogP contribution in [-0.2, 0) is 19.1 Å². The molecule has 2 fully saturated rings. The van der Waals surface area contributed by atoms with Gasteiger partial charge in [-0.05, 0) is 18.1 Å². The summed E-state index contributed by atoms with van der Waals surface area (Å²) < 4.78 is 4.45. The number of amides is 2. The van der Waals surface area contributed by atoms with E-state index in [1.165, 1.54) is 11.8 Å². The molecular weight excluding hydrogens is 488 g/mol. The number of aliphatic hydroxyl groups excluding tert-OH is 1. The van der Waals surface area contributed by atoms with Crippen LogP contribution in [0.5, 0.6) is 0 Å². The highest BCUT2D eigenvalue weighted by molar-refractivity contribution is 8.02. The summed E-state index contributed by atoms with van der Waals surface area (Å²) in [5.41, 5.74) is 0.567. The Labute approximate surface area is 214 Å². The maximum atomic E-state index is 14.4. The van der Waals surface area contributed by atoms with Gasteiger partial charge >= 0.3 is 5.97 Å². The molecular formula is C26H29ClN2O5S. The molecule has 1 aromatic rings. The number of rotatable bonds is 5. The van der Waals surface area contributed by atoms with Gasteiger partial charge in [0.2, 0.25) is 5.91 Å². The summed E-state index contributed by atoms with van der Waals surface area (Å²) in [5, 5.41) is 10.6. The number of hydrogen-bond acceptors (Lipinski definition) is 6. The second kappa shape index (κ2) is 9.30. The molecule has 9 heteroatoms. The molecule has 0 bridgehead atoms. The fraction of sp³-hybridized carbons (Fsp3) is 0.500. The number of carbonyl (C=O) groups excluding carboxylic acids is 3. The van der Waals surface area contributed by atoms with Crippen LogP contribution in [0, 0.1) is 17.8 Å². The number of carbonyl (C=O) groups is 3. The minimum atomic E-state index is -0.957. The van der Waals surface area contributed by atoms with Crippen LogP contribution in [0.25, 0.3) is 0 Å². The average molecular weight is 517 g/mol. The Morgan fingerprint density at radius 1 is 1.23 bits per heavy atom. The van der Waals surface area contributed by atoms with Crippen molar-refractivity contribution in [2.75, 3.05) is 24.7 Å². The third-order valence-electron chi connectivity index (χ3n) is 7.84. The van der Waals surface area contributed by atoms with E-state index in [9.17, 15) is 19.5 Å². The Morgan fingerprint density at radius 3 is 2.71 bits per heavy atom. The van der Waals surface area contributed by atoms with E-state index in [4.69, 9.17) is 16.3 Å². The summed E-state index contributed by atoms with van der Waals surface area (Å²) in [7, 11) is 0. The molecule has 1 N–H and O–H groups in total. The fourth-order valence-electron chi connectivity index (χ4n) is 5.97. The molecule has 4 heterocycles. The number of fused-ring (bicyclic) bond motifs is 2. The first-order chi connectivity index (χ1) is 16.9. The molecule has 0 aromatic heterocycles. The highest BCUT2D eigenvalue weighted by Gasteiger charge is 2.72. The number of benzene rings is 1. The largest absolute Gasteiger partial charge is 0.461 e. The van der Waals surface area contributed by atoms with Crippen molar-refractivity contribution in [1.29, 1.82) is 0 Å². The quantitative estimate of drug-likeness (QED) is 0.478. The predicted octanol–water partition coefficient (Wildman–Crippen LogP) is 3.06. The number of thioether (sulfide) groups is 1. The van der Waals surface area contributed by atoms with E-state index in [1.54, 1.807) is 34.1 Å². The van der Waals surface area contributed by atoms with Gasteiger partial charge in [-0.1, -0.05) is 68.3 Å². The maximum Gasteiger partial charge on any atom is 0.311 e. The van der Waals surface area contributed by atoms with Gasteiger partial charge in [-0.3, -0.25) is 14.4 Å². The van der Waals surface area contributed by atoms with Crippen molar-refractivity contribution in [2.45, 2.75) is 42.3 Å². The normalized spacial score (nSPS) is 33.5. The lowest BCUT2D eigenvalue weighted by Gasteiger charge is -2.40. The molecule has 0 radical (unpaired) electrons. The van der Waals surface area contributed by atoms with Gasteiger partial charge in [-0.2, -0.15) is 0 Å². The lowest BCUT2D eigenvalue weighted by atomic mass is 9.78. The Balaban J connectivity index is 1.68. The number of para-hydroxylation sites is 1. The van der Waals surface area contributed by atoms with Crippen LogP contribution in [0.3, 0.4) is 0 Å². The number of aliphatic hydroxyl groups is 1. The van der Waals surface area contributed by atoms with Gasteiger partial charge in [0.15, 0.2) is 0 Å². The summed E-state index contributed by atoms with van der Waals surface area (Å²) in [6.45, 7) is 4.16. The molecule has 4 aliphatic heterocycles. The van der Waals surface area contributed by atoms with Crippen LogP contribution in [0.1, 0.15) is 20.3 Å². The average Bonchev–Trinajstić information content (AvgIpc) is 3.15. The van der Waals surface area contributed by atoms with Crippen LogP contribution in [0.4, 0.5) is 5.69 Å². The molecule has 4 aliphatic rings. The monoisotopic (exact) mass is 516 g/mol. The Hall–Kier alpha value is -2.29. The van der Waals surface area contributed by atoms with Crippen molar-refractivity contribution in [3.8, 4) is 0 Å². The first-order valence-electron chi connectivity index (χ1n) is 12.0. The zero-order chi connectivity index (χ0) is 24.9. The van der Waals surface area contributed by atoms with Gasteiger partial charge in [-0.15, -0.1) is 11.8 Å². The smallest absolute Gasteiger partial charge is 0.311 e. The zero-order valence-corrected chi connectivity index (χ0v) is 21.2. The van der Waals surface area contributed by atoms with E-state index >= 15 is 0 Å². The van der Waals surface area contributed by atoms with Gasteiger partial charge in [0.25, 0.3) is 5.91 Å². The first-order valence-corrected chi connectivity index (χ1v) is 13.3. The van der Waals surface area contributed by atoms with Crippen LogP contribution in [-0.4, -0.2) is 69.6 Å². The second-order valence-corrected chi connectivity index (χ2v) is 11.5. The number of nitrogens with zero attached hydrogens (tertiary/aromatic N) is 2. The number of likely N-dealkylation sites (tertiary alicyclic amines) is 1. The molecule has 186 valence electrons. The second-order valence-electron chi connectivity index (χ2n) is 9.58. The molecule has 2 saturated heterocycles. The van der Waals surface area contributed by atoms with Crippen LogP contribution in [0.15, 0.2) is 48.6 Å². The number of ether oxygens (including phenoxy) is 1. The minimum absolute atomic E-state index is 0.0459. The first kappa shape index (κ1) is 24.4. The Bertz CT molecular complexity index is 1110. The molecule has 35 heavy (non-hydrogen) atoms. The lowest BCUT2D eigenvalue weighted by molar-refractivity contribution is -0.152. The highest BCUT2D eigenvalue weighted by Crippen LogP contribution is 2.61. The number of halogens is 1. The molecule has 1 spiro atoms. The van der Waals surface area contributed by atoms with Crippen LogP contribution < -0.4 is 4.90 Å². The van der Waals surface area contributed by atoms with E-state index in [0.717, 1.165) is 6.42 Å². The van der Waals surface area contributed by atoms with E-state index in [2.05, 4.69) is 0 Å². The van der Waals surface area contributed by atoms with Gasteiger partial charge < -0.3 is 19.6 Å². The summed E-state index contributed by atoms with van der Waals surface area (Å²) in [5.74, 6) is -2.46. The molecule has 0 saturated carbocycles. The molecule has 0 aliphatic carbocycles. The maximum absolute atomic E-state index is 14.4. The van der Waals surface area contributed by atoms with Gasteiger partial charge in [0.1, 0.15) is 12.6 Å². The van der Waals surface area contributed by atoms with E-state index in [0.29, 0.717) is 17.3 Å². The van der Waals surface area contributed by atoms with Crippen molar-refractivity contribution in [1.82, 2.24) is 4.90 Å². The third kappa shape index (κ3) is 3.64. The molecule has 7 nitrogen and oxygen atoms in total. The minimum Gasteiger partial charge on any atom is -0.461 e. The van der Waals surface area contributed by atoms with Crippen LogP contribution in [0.2, 0.25) is 5.02 Å². The van der Waals surface area contributed by atoms with E-state index < -0.39 is 34.6 Å². The number of anilines is 1. The Morgan fingerprint density at radius 2 is 2.00 bits per heavy atom. The van der Waals surface area contributed by atoms with E-state index in [-0.39, 0.29) is 36.2 Å². The summed E-state index contributed by atoms with van der Waals surface area (Å²) in [6, 6.07) is 5.69. The predicted molar refractivity (Wildman–Crippen MR) is 135 cm³/mol. The zero-order valence-electron chi connectivity index (χ0n) is 19.7. The summed E-state index contributed by atoms with van der Waals surface area (Å²) >= 11 is 7.97. The van der Waals surface area contributed by atoms with Crippen molar-refractivity contribution in [2.24, 2.45) is 17.8 Å². The summed E-state index contributed by atoms with van der Waals surface area (Å²) in [6.07, 6.45) is 8.30. The molecule has 5 rings (SSSR count). The SMILES string of the molecule is CC[C@H](C)[C@H](CO)N1C(=O)[C@@H]2[C@@H]3C(=O)OCC=C[C@@H]3S[C@@]23C=CCN(c2ccccc2Cl)C(=O)C13. The molecule has 1 aromatic carbocycles. The Kier molecular flexibility index (Phi) is 6.48. The molecule has 2 amide bonds. The van der Waals surface area contributed by atoms with Crippen LogP contribution >= 0.6 is 23.4 Å². The van der Waals surface area contributed by atoms with E-state index in [1.807, 2.05) is 38.1 Å². The fourth-order valence-corrected chi connectivity index (χ4v) is 8.19. The lowest BCUT2D eigenvalue weighted by Crippen LogP contribution is -2.58. The van der Waals surface area contributed by atoms with Gasteiger partial charge in [0.05, 0.1) is 39.9 Å².